The highest BCUT2D eigenvalue weighted by molar-refractivity contribution is 5.57. The van der Waals surface area contributed by atoms with Crippen molar-refractivity contribution in [2.45, 2.75) is 45.0 Å². The average Bonchev–Trinajstić information content (AvgIpc) is 2.26. The molecule has 0 aromatic carbocycles. The van der Waals surface area contributed by atoms with Crippen LogP contribution >= 0.6 is 0 Å². The second-order valence-corrected chi connectivity index (χ2v) is 4.64. The third-order valence-electron chi connectivity index (χ3n) is 2.93. The Hall–Kier alpha value is -1.96. The van der Waals surface area contributed by atoms with Gasteiger partial charge in [-0.15, -0.1) is 0 Å². The number of rotatable bonds is 3. The van der Waals surface area contributed by atoms with E-state index in [0.717, 1.165) is 6.33 Å². The zero-order valence-corrected chi connectivity index (χ0v) is 10.8. The van der Waals surface area contributed by atoms with E-state index in [9.17, 15) is 10.1 Å². The van der Waals surface area contributed by atoms with E-state index in [1.165, 1.54) is 0 Å². The largest absolute Gasteiger partial charge is 0.469 e. The Kier molecular flexibility index (Phi) is 3.79. The van der Waals surface area contributed by atoms with Gasteiger partial charge in [-0.3, -0.25) is 10.1 Å². The quantitative estimate of drug-likeness (QED) is 0.649. The number of anilines is 1. The lowest BCUT2D eigenvalue weighted by Crippen LogP contribution is -2.36. The highest BCUT2D eigenvalue weighted by Gasteiger charge is 2.30. The predicted molar refractivity (Wildman–Crippen MR) is 66.8 cm³/mol. The molecule has 8 heteroatoms. The summed E-state index contributed by atoms with van der Waals surface area (Å²) in [6.07, 6.45) is 2.39. The van der Waals surface area contributed by atoms with Crippen molar-refractivity contribution in [3.63, 3.8) is 0 Å². The molecule has 2 rings (SSSR count). The van der Waals surface area contributed by atoms with Gasteiger partial charge in [0.1, 0.15) is 12.4 Å². The van der Waals surface area contributed by atoms with Crippen LogP contribution in [0.2, 0.25) is 0 Å². The molecule has 1 aliphatic rings. The Morgan fingerprint density at radius 1 is 1.42 bits per heavy atom. The summed E-state index contributed by atoms with van der Waals surface area (Å²) in [5.41, 5.74) is 5.10. The smallest absolute Gasteiger partial charge is 0.372 e. The molecule has 0 bridgehead atoms. The average molecular weight is 268 g/mol. The van der Waals surface area contributed by atoms with Crippen LogP contribution in [0.5, 0.6) is 5.88 Å². The fourth-order valence-electron chi connectivity index (χ4n) is 2.23. The van der Waals surface area contributed by atoms with Crippen LogP contribution in [0.3, 0.4) is 0 Å². The van der Waals surface area contributed by atoms with Crippen LogP contribution in [0.1, 0.15) is 26.7 Å². The zero-order chi connectivity index (χ0) is 14.0. The Bertz CT molecular complexity index is 472. The van der Waals surface area contributed by atoms with Crippen molar-refractivity contribution in [3.8, 4) is 5.88 Å². The fourth-order valence-corrected chi connectivity index (χ4v) is 2.23. The molecular weight excluding hydrogens is 252 g/mol. The van der Waals surface area contributed by atoms with E-state index in [1.54, 1.807) is 0 Å². The summed E-state index contributed by atoms with van der Waals surface area (Å²) < 4.78 is 11.2. The molecule has 0 saturated carbocycles. The Labute approximate surface area is 110 Å². The molecule has 2 N–H and O–H groups in total. The lowest BCUT2D eigenvalue weighted by molar-refractivity contribution is -0.385. The maximum absolute atomic E-state index is 11.0. The summed E-state index contributed by atoms with van der Waals surface area (Å²) in [7, 11) is 0. The SMILES string of the molecule is CC1CC(Oc2ncnc(N)c2[N+](=O)[O-])CC(C)O1. The van der Waals surface area contributed by atoms with Crippen LogP contribution in [0.15, 0.2) is 6.33 Å². The van der Waals surface area contributed by atoms with Gasteiger partial charge in [0.2, 0.25) is 5.82 Å². The minimum atomic E-state index is -0.628. The zero-order valence-electron chi connectivity index (χ0n) is 10.8. The summed E-state index contributed by atoms with van der Waals surface area (Å²) in [6, 6.07) is 0. The van der Waals surface area contributed by atoms with Crippen LogP contribution in [-0.2, 0) is 4.74 Å². The van der Waals surface area contributed by atoms with Gasteiger partial charge in [-0.1, -0.05) is 0 Å². The number of nitrogens with zero attached hydrogens (tertiary/aromatic N) is 3. The van der Waals surface area contributed by atoms with Crippen LogP contribution in [0, 0.1) is 10.1 Å². The standard InChI is InChI=1S/C11H16N4O4/c1-6-3-8(4-7(2)18-6)19-11-9(15(16)17)10(12)13-5-14-11/h5-8H,3-4H2,1-2H3,(H2,12,13,14). The number of hydrogen-bond donors (Lipinski definition) is 1. The van der Waals surface area contributed by atoms with Gasteiger partial charge in [0.25, 0.3) is 5.88 Å². The summed E-state index contributed by atoms with van der Waals surface area (Å²) in [6.45, 7) is 3.88. The highest BCUT2D eigenvalue weighted by atomic mass is 16.6. The van der Waals surface area contributed by atoms with Crippen molar-refractivity contribution < 1.29 is 14.4 Å². The van der Waals surface area contributed by atoms with Crippen LogP contribution in [0.4, 0.5) is 11.5 Å². The van der Waals surface area contributed by atoms with E-state index >= 15 is 0 Å². The van der Waals surface area contributed by atoms with E-state index in [4.69, 9.17) is 15.2 Å². The van der Waals surface area contributed by atoms with Gasteiger partial charge in [0, 0.05) is 12.8 Å². The number of ether oxygens (including phenoxy) is 2. The topological polar surface area (TPSA) is 113 Å². The van der Waals surface area contributed by atoms with Crippen LogP contribution in [0.25, 0.3) is 0 Å². The fraction of sp³-hybridized carbons (Fsp3) is 0.636. The summed E-state index contributed by atoms with van der Waals surface area (Å²) in [5, 5.41) is 11.0. The molecule has 1 aliphatic heterocycles. The number of nitro groups is 1. The number of nitrogen functional groups attached to an aromatic ring is 1. The molecule has 1 fully saturated rings. The molecule has 1 aromatic rings. The molecule has 1 saturated heterocycles. The van der Waals surface area contributed by atoms with Gasteiger partial charge in [-0.05, 0) is 13.8 Å². The number of hydrogen-bond acceptors (Lipinski definition) is 7. The molecule has 2 unspecified atom stereocenters. The lowest BCUT2D eigenvalue weighted by Gasteiger charge is -2.31. The molecule has 19 heavy (non-hydrogen) atoms. The van der Waals surface area contributed by atoms with E-state index in [1.807, 2.05) is 13.8 Å². The third kappa shape index (κ3) is 3.08. The van der Waals surface area contributed by atoms with Crippen LogP contribution < -0.4 is 10.5 Å². The molecule has 0 amide bonds. The third-order valence-corrected chi connectivity index (χ3v) is 2.93. The Morgan fingerprint density at radius 2 is 2.05 bits per heavy atom. The minimum absolute atomic E-state index is 0.0481. The first-order valence-corrected chi connectivity index (χ1v) is 6.04. The predicted octanol–water partition coefficient (Wildman–Crippen LogP) is 1.30. The molecule has 0 radical (unpaired) electrons. The Morgan fingerprint density at radius 3 is 2.63 bits per heavy atom. The minimum Gasteiger partial charge on any atom is -0.469 e. The first kappa shape index (κ1) is 13.5. The van der Waals surface area contributed by atoms with Gasteiger partial charge in [0.05, 0.1) is 17.1 Å². The molecule has 1 aromatic heterocycles. The lowest BCUT2D eigenvalue weighted by atomic mass is 10.0. The van der Waals surface area contributed by atoms with Crippen molar-refractivity contribution in [1.82, 2.24) is 9.97 Å². The maximum atomic E-state index is 11.0. The molecule has 0 aliphatic carbocycles. The molecule has 8 nitrogen and oxygen atoms in total. The van der Waals surface area contributed by atoms with Gasteiger partial charge in [-0.2, -0.15) is 4.98 Å². The van der Waals surface area contributed by atoms with Crippen molar-refractivity contribution in [2.75, 3.05) is 5.73 Å². The van der Waals surface area contributed by atoms with E-state index in [2.05, 4.69) is 9.97 Å². The van der Waals surface area contributed by atoms with Crippen molar-refractivity contribution >= 4 is 11.5 Å². The second-order valence-electron chi connectivity index (χ2n) is 4.64. The van der Waals surface area contributed by atoms with Crippen molar-refractivity contribution in [3.05, 3.63) is 16.4 Å². The monoisotopic (exact) mass is 268 g/mol. The molecule has 2 heterocycles. The molecular formula is C11H16N4O4. The highest BCUT2D eigenvalue weighted by Crippen LogP contribution is 2.31. The van der Waals surface area contributed by atoms with Crippen molar-refractivity contribution in [2.24, 2.45) is 0 Å². The summed E-state index contributed by atoms with van der Waals surface area (Å²) in [5.74, 6) is -0.271. The van der Waals surface area contributed by atoms with Crippen molar-refractivity contribution in [1.29, 1.82) is 0 Å². The number of nitrogens with two attached hydrogens (primary N) is 1. The van der Waals surface area contributed by atoms with E-state index < -0.39 is 4.92 Å². The summed E-state index contributed by atoms with van der Waals surface area (Å²) in [4.78, 5) is 17.7. The number of aromatic nitrogens is 2. The van der Waals surface area contributed by atoms with E-state index in [0.29, 0.717) is 12.8 Å². The summed E-state index contributed by atoms with van der Waals surface area (Å²) >= 11 is 0. The Balaban J connectivity index is 2.19. The first-order valence-electron chi connectivity index (χ1n) is 6.04. The van der Waals surface area contributed by atoms with Gasteiger partial charge in [-0.25, -0.2) is 4.98 Å². The second kappa shape index (κ2) is 5.35. The molecule has 104 valence electrons. The maximum Gasteiger partial charge on any atom is 0.372 e. The van der Waals surface area contributed by atoms with Gasteiger partial charge in [0.15, 0.2) is 0 Å². The molecule has 2 atom stereocenters. The molecule has 0 spiro atoms. The van der Waals surface area contributed by atoms with E-state index in [-0.39, 0.29) is 35.7 Å². The first-order chi connectivity index (χ1) is 8.97. The van der Waals surface area contributed by atoms with Crippen LogP contribution in [-0.4, -0.2) is 33.2 Å². The normalized spacial score (nSPS) is 26.9. The van der Waals surface area contributed by atoms with Gasteiger partial charge < -0.3 is 15.2 Å². The van der Waals surface area contributed by atoms with Gasteiger partial charge >= 0.3 is 5.69 Å².